The van der Waals surface area contributed by atoms with Crippen LogP contribution in [0.25, 0.3) is 0 Å². The second-order valence-electron chi connectivity index (χ2n) is 13.2. The molecule has 0 aromatic carbocycles. The number of fused-ring (bicyclic) bond motifs is 6. The van der Waals surface area contributed by atoms with E-state index in [1.54, 1.807) is 0 Å². The first kappa shape index (κ1) is 24.3. The molecule has 0 radical (unpaired) electrons. The predicted octanol–water partition coefficient (Wildman–Crippen LogP) is 5.59. The molecule has 1 aliphatic heterocycles. The van der Waals surface area contributed by atoms with Crippen LogP contribution in [0.1, 0.15) is 99.8 Å². The van der Waals surface area contributed by atoms with E-state index in [2.05, 4.69) is 34.6 Å². The Bertz CT molecular complexity index is 939. The Labute approximate surface area is 205 Å². The minimum absolute atomic E-state index is 0.0339. The van der Waals surface area contributed by atoms with Crippen molar-refractivity contribution in [3.05, 3.63) is 11.1 Å². The average Bonchev–Trinajstić information content (AvgIpc) is 3.06. The molecule has 3 unspecified atom stereocenters. The summed E-state index contributed by atoms with van der Waals surface area (Å²) in [7, 11) is 0. The summed E-state index contributed by atoms with van der Waals surface area (Å²) in [4.78, 5) is 24.9. The zero-order chi connectivity index (χ0) is 24.8. The number of carbonyl (C=O) groups excluding carboxylic acids is 2. The summed E-state index contributed by atoms with van der Waals surface area (Å²) >= 11 is 0. The third-order valence-electron chi connectivity index (χ3n) is 12.1. The van der Waals surface area contributed by atoms with Gasteiger partial charge < -0.3 is 14.6 Å². The topological polar surface area (TPSA) is 72.8 Å². The van der Waals surface area contributed by atoms with Gasteiger partial charge in [0.2, 0.25) is 0 Å². The minimum Gasteiger partial charge on any atom is -0.462 e. The van der Waals surface area contributed by atoms with Crippen molar-refractivity contribution < 1.29 is 24.2 Å². The van der Waals surface area contributed by atoms with Gasteiger partial charge in [0.15, 0.2) is 0 Å². The molecule has 10 atom stereocenters. The van der Waals surface area contributed by atoms with E-state index in [4.69, 9.17) is 9.47 Å². The van der Waals surface area contributed by atoms with E-state index in [1.165, 1.54) is 6.92 Å². The van der Waals surface area contributed by atoms with Crippen molar-refractivity contribution in [2.75, 3.05) is 0 Å². The van der Waals surface area contributed by atoms with Gasteiger partial charge in [-0.1, -0.05) is 34.6 Å². The lowest BCUT2D eigenvalue weighted by molar-refractivity contribution is -0.239. The monoisotopic (exact) mass is 472 g/mol. The number of rotatable bonds is 2. The molecule has 1 N–H and O–H groups in total. The predicted molar refractivity (Wildman–Crippen MR) is 130 cm³/mol. The summed E-state index contributed by atoms with van der Waals surface area (Å²) in [6.07, 6.45) is 7.01. The lowest BCUT2D eigenvalue weighted by Crippen LogP contribution is -2.67. The van der Waals surface area contributed by atoms with Gasteiger partial charge in [0.05, 0.1) is 6.10 Å². The van der Waals surface area contributed by atoms with Crippen LogP contribution in [0.2, 0.25) is 0 Å². The van der Waals surface area contributed by atoms with Crippen LogP contribution >= 0.6 is 0 Å². The van der Waals surface area contributed by atoms with Crippen molar-refractivity contribution in [2.24, 2.45) is 39.4 Å². The van der Waals surface area contributed by atoms with Gasteiger partial charge in [-0.25, -0.2) is 4.79 Å². The van der Waals surface area contributed by atoms with Gasteiger partial charge in [-0.3, -0.25) is 4.79 Å². The maximum atomic E-state index is 13.0. The molecular formula is C29H44O5. The minimum atomic E-state index is -0.548. The molecule has 1 heterocycles. The molecule has 0 amide bonds. The Morgan fingerprint density at radius 3 is 2.35 bits per heavy atom. The summed E-state index contributed by atoms with van der Waals surface area (Å²) in [5.74, 6) is 0.723. The smallest absolute Gasteiger partial charge is 0.335 e. The molecule has 0 spiro atoms. The summed E-state index contributed by atoms with van der Waals surface area (Å²) in [5, 5.41) is 11.8. The third-order valence-corrected chi connectivity index (χ3v) is 12.1. The number of carbonyl (C=O) groups is 2. The van der Waals surface area contributed by atoms with Crippen LogP contribution in [0.15, 0.2) is 11.1 Å². The van der Waals surface area contributed by atoms with Crippen molar-refractivity contribution >= 4 is 11.9 Å². The maximum Gasteiger partial charge on any atom is 0.335 e. The lowest BCUT2D eigenvalue weighted by atomic mass is 9.34. The van der Waals surface area contributed by atoms with Gasteiger partial charge in [-0.05, 0) is 92.4 Å². The number of ether oxygens (including phenoxy) is 2. The molecule has 0 saturated heterocycles. The molecule has 5 aliphatic rings. The second kappa shape index (κ2) is 7.57. The van der Waals surface area contributed by atoms with Crippen LogP contribution in [0.5, 0.6) is 0 Å². The number of aliphatic hydroxyl groups excluding tert-OH is 1. The number of hydrogen-bond donors (Lipinski definition) is 1. The normalized spacial score (nSPS) is 52.2. The highest BCUT2D eigenvalue weighted by Gasteiger charge is 2.70. The van der Waals surface area contributed by atoms with E-state index < -0.39 is 11.5 Å². The van der Waals surface area contributed by atoms with E-state index in [-0.39, 0.29) is 46.3 Å². The molecule has 190 valence electrons. The Balaban J connectivity index is 1.55. The van der Waals surface area contributed by atoms with Crippen LogP contribution in [0.4, 0.5) is 0 Å². The summed E-state index contributed by atoms with van der Waals surface area (Å²) in [5.41, 5.74) is 1.48. The van der Waals surface area contributed by atoms with Crippen LogP contribution in [0.3, 0.4) is 0 Å². The highest BCUT2D eigenvalue weighted by Crippen LogP contribution is 2.74. The van der Waals surface area contributed by atoms with Crippen LogP contribution in [-0.2, 0) is 19.1 Å². The van der Waals surface area contributed by atoms with Gasteiger partial charge in [0.1, 0.15) is 12.2 Å². The molecule has 3 fully saturated rings. The van der Waals surface area contributed by atoms with Crippen molar-refractivity contribution in [1.82, 2.24) is 0 Å². The summed E-state index contributed by atoms with van der Waals surface area (Å²) in [6.45, 7) is 15.2. The van der Waals surface area contributed by atoms with Gasteiger partial charge in [0.25, 0.3) is 0 Å². The summed E-state index contributed by atoms with van der Waals surface area (Å²) < 4.78 is 11.6. The second-order valence-corrected chi connectivity index (χ2v) is 13.2. The van der Waals surface area contributed by atoms with E-state index in [9.17, 15) is 14.7 Å². The SMILES string of the molecule is CC[C@]1(C)C2CC[C@]3(C)C(C[C@H](O)[C@]4(C)C5=C(CCC34)[C@H](C)OC5=O)[C@@]2(C)CC[C@H]1OC(C)=O. The zero-order valence-corrected chi connectivity index (χ0v) is 22.2. The van der Waals surface area contributed by atoms with Gasteiger partial charge in [-0.15, -0.1) is 0 Å². The first-order valence-electron chi connectivity index (χ1n) is 13.6. The first-order valence-corrected chi connectivity index (χ1v) is 13.6. The molecule has 0 bridgehead atoms. The van der Waals surface area contributed by atoms with Gasteiger partial charge in [-0.2, -0.15) is 0 Å². The fraction of sp³-hybridized carbons (Fsp3) is 0.862. The number of esters is 2. The molecule has 0 aromatic rings. The molecule has 3 saturated carbocycles. The standard InChI is InChI=1S/C29H44O5/c1-8-26(4)19-11-13-28(6)20-10-9-18-16(2)33-25(32)24(18)29(20,7)22(31)15-21(28)27(19,5)14-12-23(26)34-17(3)30/h16,19-23,31H,8-15H2,1-7H3/t16-,19?,20?,21?,22-,23+,26+,27-,28-,29+/m0/s1. The van der Waals surface area contributed by atoms with Gasteiger partial charge in [0, 0.05) is 23.3 Å². The van der Waals surface area contributed by atoms with Crippen molar-refractivity contribution in [3.63, 3.8) is 0 Å². The number of aliphatic hydroxyl groups is 1. The Morgan fingerprint density at radius 2 is 1.71 bits per heavy atom. The Kier molecular flexibility index (Phi) is 5.42. The highest BCUT2D eigenvalue weighted by molar-refractivity contribution is 5.94. The fourth-order valence-corrected chi connectivity index (χ4v) is 10.4. The fourth-order valence-electron chi connectivity index (χ4n) is 10.4. The first-order chi connectivity index (χ1) is 15.8. The third kappa shape index (κ3) is 2.88. The molecule has 5 heteroatoms. The lowest BCUT2D eigenvalue weighted by Gasteiger charge is -2.70. The van der Waals surface area contributed by atoms with Crippen molar-refractivity contribution in [3.8, 4) is 0 Å². The molecule has 0 aromatic heterocycles. The zero-order valence-electron chi connectivity index (χ0n) is 22.2. The molecule has 4 aliphatic carbocycles. The van der Waals surface area contributed by atoms with Crippen LogP contribution in [-0.4, -0.2) is 35.4 Å². The van der Waals surface area contributed by atoms with Crippen LogP contribution < -0.4 is 0 Å². The van der Waals surface area contributed by atoms with E-state index in [0.29, 0.717) is 11.8 Å². The van der Waals surface area contributed by atoms with Crippen molar-refractivity contribution in [1.29, 1.82) is 0 Å². The Morgan fingerprint density at radius 1 is 1.06 bits per heavy atom. The maximum absolute atomic E-state index is 13.0. The van der Waals surface area contributed by atoms with Crippen molar-refractivity contribution in [2.45, 2.75) is 118 Å². The Hall–Kier alpha value is -1.36. The van der Waals surface area contributed by atoms with E-state index in [0.717, 1.165) is 62.5 Å². The summed E-state index contributed by atoms with van der Waals surface area (Å²) in [6, 6.07) is 0. The van der Waals surface area contributed by atoms with Crippen LogP contribution in [0, 0.1) is 39.4 Å². The average molecular weight is 473 g/mol. The van der Waals surface area contributed by atoms with E-state index >= 15 is 0 Å². The highest BCUT2D eigenvalue weighted by atomic mass is 16.6. The largest absolute Gasteiger partial charge is 0.462 e. The molecule has 5 nitrogen and oxygen atoms in total. The van der Waals surface area contributed by atoms with Gasteiger partial charge >= 0.3 is 11.9 Å². The number of cyclic esters (lactones) is 1. The molecular weight excluding hydrogens is 428 g/mol. The van der Waals surface area contributed by atoms with E-state index in [1.807, 2.05) is 6.92 Å². The molecule has 5 rings (SSSR count). The number of hydrogen-bond acceptors (Lipinski definition) is 5. The molecule has 34 heavy (non-hydrogen) atoms. The quantitative estimate of drug-likeness (QED) is 0.531.